The molecule has 0 spiro atoms. The Bertz CT molecular complexity index is 626. The zero-order valence-electron chi connectivity index (χ0n) is 17.8. The number of rotatable bonds is 3. The summed E-state index contributed by atoms with van der Waals surface area (Å²) in [5, 5.41) is 3.15. The average Bonchev–Trinajstić information content (AvgIpc) is 2.99. The second kappa shape index (κ2) is 7.91. The molecule has 4 aliphatic rings. The van der Waals surface area contributed by atoms with Crippen LogP contribution in [0, 0.1) is 40.4 Å². The number of hydrogen-bond donors (Lipinski definition) is 2. The van der Waals surface area contributed by atoms with Crippen molar-refractivity contribution in [3.8, 4) is 0 Å². The molecule has 4 saturated carbocycles. The molecule has 4 fully saturated rings. The average molecular weight is 411 g/mol. The fraction of sp³-hybridized carbons (Fsp3) is 0.913. The zero-order chi connectivity index (χ0) is 19.4. The van der Waals surface area contributed by atoms with Crippen molar-refractivity contribution in [2.24, 2.45) is 46.2 Å². The van der Waals surface area contributed by atoms with Gasteiger partial charge in [-0.2, -0.15) is 0 Å². The lowest BCUT2D eigenvalue weighted by Gasteiger charge is -2.61. The summed E-state index contributed by atoms with van der Waals surface area (Å²) in [5.74, 6) is 3.82. The van der Waals surface area contributed by atoms with E-state index >= 15 is 0 Å². The lowest BCUT2D eigenvalue weighted by Crippen LogP contribution is -2.55. The third kappa shape index (κ3) is 3.33. The summed E-state index contributed by atoms with van der Waals surface area (Å²) in [4.78, 5) is 24.0. The second-order valence-corrected chi connectivity index (χ2v) is 10.7. The van der Waals surface area contributed by atoms with Crippen molar-refractivity contribution in [1.82, 2.24) is 5.32 Å². The molecule has 0 radical (unpaired) electrons. The Kier molecular flexibility index (Phi) is 6.23. The molecule has 0 aliphatic heterocycles. The largest absolute Gasteiger partial charge is 0.352 e. The SMILES string of the molecule is CC(=O)[C@H]1CC[C@H]2[C@@H]3CC[C@H]4C[C@H](NC(=O)CN)CC[C@]4(C)[C@H]3CC[C@]12C.Cl. The fourth-order valence-electron chi connectivity index (χ4n) is 8.34. The van der Waals surface area contributed by atoms with Gasteiger partial charge < -0.3 is 11.1 Å². The summed E-state index contributed by atoms with van der Waals surface area (Å²) in [6.07, 6.45) is 11.0. The maximum Gasteiger partial charge on any atom is 0.233 e. The van der Waals surface area contributed by atoms with Crippen molar-refractivity contribution in [3.05, 3.63) is 0 Å². The molecule has 0 aromatic rings. The van der Waals surface area contributed by atoms with E-state index in [-0.39, 0.29) is 30.3 Å². The Hall–Kier alpha value is -0.610. The fourth-order valence-corrected chi connectivity index (χ4v) is 8.34. The molecular formula is C23H39ClN2O2. The monoisotopic (exact) mass is 410 g/mol. The molecule has 4 aliphatic carbocycles. The quantitative estimate of drug-likeness (QED) is 0.735. The molecule has 28 heavy (non-hydrogen) atoms. The molecule has 0 saturated heterocycles. The molecule has 160 valence electrons. The number of nitrogens with one attached hydrogen (secondary N) is 1. The molecule has 1 amide bonds. The molecule has 4 nitrogen and oxygen atoms in total. The second-order valence-electron chi connectivity index (χ2n) is 10.7. The summed E-state index contributed by atoms with van der Waals surface area (Å²) in [6, 6.07) is 0.318. The Labute approximate surface area is 176 Å². The number of nitrogens with two attached hydrogens (primary N) is 1. The number of amides is 1. The van der Waals surface area contributed by atoms with Crippen LogP contribution < -0.4 is 11.1 Å². The van der Waals surface area contributed by atoms with Crippen molar-refractivity contribution in [2.45, 2.75) is 84.6 Å². The van der Waals surface area contributed by atoms with E-state index in [9.17, 15) is 9.59 Å². The van der Waals surface area contributed by atoms with Crippen LogP contribution in [-0.4, -0.2) is 24.3 Å². The highest BCUT2D eigenvalue weighted by atomic mass is 35.5. The van der Waals surface area contributed by atoms with Crippen molar-refractivity contribution < 1.29 is 9.59 Å². The highest BCUT2D eigenvalue weighted by molar-refractivity contribution is 5.85. The van der Waals surface area contributed by atoms with Crippen LogP contribution in [0.2, 0.25) is 0 Å². The first-order chi connectivity index (χ1) is 12.8. The summed E-state index contributed by atoms with van der Waals surface area (Å²) >= 11 is 0. The zero-order valence-corrected chi connectivity index (χ0v) is 18.7. The summed E-state index contributed by atoms with van der Waals surface area (Å²) < 4.78 is 0. The number of fused-ring (bicyclic) bond motifs is 5. The molecule has 3 N–H and O–H groups in total. The van der Waals surface area contributed by atoms with Crippen LogP contribution in [0.15, 0.2) is 0 Å². The van der Waals surface area contributed by atoms with Gasteiger partial charge in [-0.1, -0.05) is 13.8 Å². The normalized spacial score (nSPS) is 47.1. The van der Waals surface area contributed by atoms with E-state index in [1.54, 1.807) is 0 Å². The molecule has 4 rings (SSSR count). The number of hydrogen-bond acceptors (Lipinski definition) is 3. The Balaban J connectivity index is 0.00000225. The smallest absolute Gasteiger partial charge is 0.233 e. The first kappa shape index (κ1) is 22.1. The van der Waals surface area contributed by atoms with Gasteiger partial charge in [0.25, 0.3) is 0 Å². The van der Waals surface area contributed by atoms with Gasteiger partial charge in [-0.15, -0.1) is 12.4 Å². The molecule has 0 heterocycles. The van der Waals surface area contributed by atoms with Gasteiger partial charge in [-0.3, -0.25) is 9.59 Å². The third-order valence-electron chi connectivity index (χ3n) is 9.71. The predicted molar refractivity (Wildman–Crippen MR) is 114 cm³/mol. The van der Waals surface area contributed by atoms with Gasteiger partial charge in [-0.05, 0) is 99.2 Å². The van der Waals surface area contributed by atoms with Crippen molar-refractivity contribution in [2.75, 3.05) is 6.54 Å². The summed E-state index contributed by atoms with van der Waals surface area (Å²) in [6.45, 7) is 6.90. The Morgan fingerprint density at radius 1 is 0.964 bits per heavy atom. The van der Waals surface area contributed by atoms with Crippen molar-refractivity contribution in [1.29, 1.82) is 0 Å². The van der Waals surface area contributed by atoms with Crippen LogP contribution in [0.25, 0.3) is 0 Å². The molecule has 0 aromatic heterocycles. The molecule has 0 unspecified atom stereocenters. The molecule has 5 heteroatoms. The molecule has 0 bridgehead atoms. The van der Waals surface area contributed by atoms with Gasteiger partial charge >= 0.3 is 0 Å². The van der Waals surface area contributed by atoms with Crippen molar-refractivity contribution >= 4 is 24.1 Å². The Morgan fingerprint density at radius 3 is 2.32 bits per heavy atom. The first-order valence-corrected chi connectivity index (χ1v) is 11.3. The van der Waals surface area contributed by atoms with Gasteiger partial charge in [0, 0.05) is 12.0 Å². The molecule has 8 atom stereocenters. The molecular weight excluding hydrogens is 372 g/mol. The summed E-state index contributed by atoms with van der Waals surface area (Å²) in [7, 11) is 0. The standard InChI is InChI=1S/C23H38N2O2.ClH/c1-14(26)18-6-7-19-17-5-4-15-12-16(25-21(27)13-24)8-10-22(15,2)20(17)9-11-23(18,19)3;/h15-20H,4-13,24H2,1-3H3,(H,25,27);1H/t15-,16+,17-,18+,19-,20-,22-,23+;/m0./s1. The van der Waals surface area contributed by atoms with E-state index in [1.807, 2.05) is 6.92 Å². The van der Waals surface area contributed by atoms with Crippen LogP contribution in [0.5, 0.6) is 0 Å². The van der Waals surface area contributed by atoms with E-state index in [0.717, 1.165) is 42.9 Å². The van der Waals surface area contributed by atoms with Crippen molar-refractivity contribution in [3.63, 3.8) is 0 Å². The third-order valence-corrected chi connectivity index (χ3v) is 9.71. The minimum Gasteiger partial charge on any atom is -0.352 e. The predicted octanol–water partition coefficient (Wildman–Crippen LogP) is 4.10. The van der Waals surface area contributed by atoms with E-state index in [2.05, 4.69) is 19.2 Å². The van der Waals surface area contributed by atoms with Crippen LogP contribution in [-0.2, 0) is 9.59 Å². The number of carbonyl (C=O) groups excluding carboxylic acids is 2. The maximum absolute atomic E-state index is 12.3. The van der Waals surface area contributed by atoms with Crippen LogP contribution in [0.1, 0.15) is 78.6 Å². The van der Waals surface area contributed by atoms with Gasteiger partial charge in [0.1, 0.15) is 5.78 Å². The minimum absolute atomic E-state index is 0. The van der Waals surface area contributed by atoms with Gasteiger partial charge in [0.2, 0.25) is 5.91 Å². The lowest BCUT2D eigenvalue weighted by atomic mass is 9.44. The minimum atomic E-state index is -0.00745. The van der Waals surface area contributed by atoms with E-state index in [0.29, 0.717) is 23.2 Å². The van der Waals surface area contributed by atoms with Gasteiger partial charge in [0.05, 0.1) is 6.54 Å². The number of halogens is 1. The lowest BCUT2D eigenvalue weighted by molar-refractivity contribution is -0.135. The Morgan fingerprint density at radius 2 is 1.64 bits per heavy atom. The number of ketones is 1. The first-order valence-electron chi connectivity index (χ1n) is 11.3. The van der Waals surface area contributed by atoms with Gasteiger partial charge in [0.15, 0.2) is 0 Å². The molecule has 0 aromatic carbocycles. The maximum atomic E-state index is 12.3. The van der Waals surface area contributed by atoms with Crippen LogP contribution in [0.4, 0.5) is 0 Å². The highest BCUT2D eigenvalue weighted by Gasteiger charge is 2.60. The number of Topliss-reactive ketones (excluding diaryl/α,β-unsaturated/α-hetero) is 1. The highest BCUT2D eigenvalue weighted by Crippen LogP contribution is 2.67. The topological polar surface area (TPSA) is 72.2 Å². The van der Waals surface area contributed by atoms with Crippen LogP contribution in [0.3, 0.4) is 0 Å². The summed E-state index contributed by atoms with van der Waals surface area (Å²) in [5.41, 5.74) is 6.16. The number of carbonyl (C=O) groups is 2. The van der Waals surface area contributed by atoms with E-state index in [1.165, 1.54) is 38.5 Å². The van der Waals surface area contributed by atoms with Crippen LogP contribution >= 0.6 is 12.4 Å². The van der Waals surface area contributed by atoms with Gasteiger partial charge in [-0.25, -0.2) is 0 Å². The van der Waals surface area contributed by atoms with E-state index < -0.39 is 0 Å². The van der Waals surface area contributed by atoms with E-state index in [4.69, 9.17) is 5.73 Å².